The van der Waals surface area contributed by atoms with E-state index in [9.17, 15) is 9.59 Å². The van der Waals surface area contributed by atoms with E-state index in [4.69, 9.17) is 0 Å². The van der Waals surface area contributed by atoms with E-state index in [-0.39, 0.29) is 23.9 Å². The minimum Gasteiger partial charge on any atom is -0.384 e. The molecule has 30 heavy (non-hydrogen) atoms. The highest BCUT2D eigenvalue weighted by atomic mass is 32.1. The average Bonchev–Trinajstić information content (AvgIpc) is 3.44. The van der Waals surface area contributed by atoms with E-state index in [1.807, 2.05) is 30.4 Å². The molecule has 0 aliphatic carbocycles. The second-order valence-corrected chi connectivity index (χ2v) is 8.10. The molecule has 1 aromatic heterocycles. The van der Waals surface area contributed by atoms with Crippen molar-refractivity contribution in [1.82, 2.24) is 31.6 Å². The maximum absolute atomic E-state index is 12.2. The number of nitrogens with zero attached hydrogens (tertiary/aromatic N) is 4. The summed E-state index contributed by atoms with van der Waals surface area (Å²) in [5.74, 6) is -0.0420. The molecule has 2 atom stereocenters. The zero-order chi connectivity index (χ0) is 20.9. The molecule has 158 valence electrons. The van der Waals surface area contributed by atoms with E-state index in [0.717, 1.165) is 42.6 Å². The lowest BCUT2D eigenvalue weighted by Gasteiger charge is -2.22. The molecule has 0 aromatic carbocycles. The van der Waals surface area contributed by atoms with E-state index in [2.05, 4.69) is 41.6 Å². The van der Waals surface area contributed by atoms with Crippen molar-refractivity contribution in [2.45, 2.75) is 19.0 Å². The molecule has 3 aliphatic heterocycles. The van der Waals surface area contributed by atoms with Crippen molar-refractivity contribution in [2.75, 3.05) is 31.6 Å². The molecule has 1 aromatic rings. The largest absolute Gasteiger partial charge is 0.384 e. The number of aromatic nitrogens is 2. The number of hydrogen-bond acceptors (Lipinski definition) is 9. The second kappa shape index (κ2) is 9.08. The van der Waals surface area contributed by atoms with Gasteiger partial charge in [0.25, 0.3) is 5.91 Å². The van der Waals surface area contributed by atoms with Gasteiger partial charge in [-0.15, -0.1) is 10.2 Å². The Kier molecular flexibility index (Phi) is 6.07. The van der Waals surface area contributed by atoms with Gasteiger partial charge < -0.3 is 20.9 Å². The van der Waals surface area contributed by atoms with Crippen LogP contribution in [-0.4, -0.2) is 60.6 Å². The Hall–Kier alpha value is -3.21. The van der Waals surface area contributed by atoms with Gasteiger partial charge in [0.2, 0.25) is 16.0 Å². The van der Waals surface area contributed by atoms with E-state index in [1.165, 1.54) is 11.3 Å². The Bertz CT molecular complexity index is 935. The van der Waals surface area contributed by atoms with Crippen LogP contribution in [0.4, 0.5) is 5.13 Å². The summed E-state index contributed by atoms with van der Waals surface area (Å²) >= 11 is 1.29. The molecule has 0 saturated carbocycles. The number of allylic oxidation sites excluding steroid dienone is 3. The molecule has 3 aliphatic rings. The normalized spacial score (nSPS) is 22.6. The Morgan fingerprint density at radius 2 is 2.27 bits per heavy atom. The zero-order valence-electron chi connectivity index (χ0n) is 16.6. The highest BCUT2D eigenvalue weighted by molar-refractivity contribution is 7.17. The Balaban J connectivity index is 1.27. The lowest BCUT2D eigenvalue weighted by Crippen LogP contribution is -2.44. The van der Waals surface area contributed by atoms with Gasteiger partial charge in [-0.3, -0.25) is 15.0 Å². The summed E-state index contributed by atoms with van der Waals surface area (Å²) in [5.41, 5.74) is 4.86. The van der Waals surface area contributed by atoms with Crippen molar-refractivity contribution in [2.24, 2.45) is 11.0 Å². The van der Waals surface area contributed by atoms with Crippen molar-refractivity contribution in [3.8, 4) is 0 Å². The first-order valence-corrected chi connectivity index (χ1v) is 10.6. The number of carbonyl (C=O) groups excluding carboxylic acids is 2. The summed E-state index contributed by atoms with van der Waals surface area (Å²) in [6.45, 7) is 2.34. The third kappa shape index (κ3) is 4.67. The summed E-state index contributed by atoms with van der Waals surface area (Å²) in [4.78, 5) is 26.0. The fraction of sp³-hybridized carbons (Fsp3) is 0.421. The van der Waals surface area contributed by atoms with Crippen molar-refractivity contribution < 1.29 is 9.59 Å². The minimum atomic E-state index is -0.322. The molecule has 10 nitrogen and oxygen atoms in total. The van der Waals surface area contributed by atoms with Gasteiger partial charge in [-0.1, -0.05) is 23.5 Å². The van der Waals surface area contributed by atoms with Crippen LogP contribution in [0.1, 0.15) is 22.6 Å². The first-order chi connectivity index (χ1) is 14.6. The van der Waals surface area contributed by atoms with Gasteiger partial charge in [0, 0.05) is 38.3 Å². The lowest BCUT2D eigenvalue weighted by atomic mass is 10.0. The van der Waals surface area contributed by atoms with Gasteiger partial charge in [0.15, 0.2) is 0 Å². The molecular formula is C19H24N8O2S. The first-order valence-electron chi connectivity index (χ1n) is 9.83. The van der Waals surface area contributed by atoms with Gasteiger partial charge in [-0.25, -0.2) is 0 Å². The van der Waals surface area contributed by atoms with Crippen molar-refractivity contribution in [1.29, 1.82) is 0 Å². The monoisotopic (exact) mass is 428 g/mol. The quantitative estimate of drug-likeness (QED) is 0.507. The molecule has 1 saturated heterocycles. The van der Waals surface area contributed by atoms with Gasteiger partial charge in [0.1, 0.15) is 6.17 Å². The average molecular weight is 429 g/mol. The highest BCUT2D eigenvalue weighted by Crippen LogP contribution is 2.28. The number of anilines is 1. The number of carbonyl (C=O) groups is 2. The number of rotatable bonds is 6. The van der Waals surface area contributed by atoms with Gasteiger partial charge >= 0.3 is 0 Å². The van der Waals surface area contributed by atoms with Crippen LogP contribution in [0.2, 0.25) is 0 Å². The molecule has 0 bridgehead atoms. The topological polar surface area (TPSA) is 124 Å². The van der Waals surface area contributed by atoms with Crippen LogP contribution in [-0.2, 0) is 4.79 Å². The van der Waals surface area contributed by atoms with Gasteiger partial charge in [-0.2, -0.15) is 5.10 Å². The van der Waals surface area contributed by atoms with Crippen LogP contribution >= 0.6 is 11.3 Å². The number of dihydropyridines is 1. The van der Waals surface area contributed by atoms with Crippen LogP contribution in [0.25, 0.3) is 0 Å². The number of hydrazone groups is 1. The predicted molar refractivity (Wildman–Crippen MR) is 115 cm³/mol. The smallest absolute Gasteiger partial charge is 0.282 e. The molecule has 4 heterocycles. The second-order valence-electron chi connectivity index (χ2n) is 7.15. The fourth-order valence-electron chi connectivity index (χ4n) is 3.46. The number of amides is 2. The van der Waals surface area contributed by atoms with Crippen LogP contribution in [0, 0.1) is 5.92 Å². The van der Waals surface area contributed by atoms with Crippen LogP contribution in [0.15, 0.2) is 41.2 Å². The summed E-state index contributed by atoms with van der Waals surface area (Å²) in [6.07, 6.45) is 10.7. The molecule has 1 fully saturated rings. The van der Waals surface area contributed by atoms with Crippen molar-refractivity contribution in [3.05, 3.63) is 41.1 Å². The number of hydrogen-bond donors (Lipinski definition) is 4. The standard InChI is InChI=1S/C19H24N8O2S/c1-20-17(29)18-25-26-19(30-18)27-9-7-12(11-27)14-5-6-15(24-23-14)22-16(28)10-13-4-2-3-8-21-13/h2-6,12,15,21,24H,7-11H2,1H3,(H,20,29)(H,22,28). The summed E-state index contributed by atoms with van der Waals surface area (Å²) in [7, 11) is 1.58. The van der Waals surface area contributed by atoms with Gasteiger partial charge in [-0.05, 0) is 24.6 Å². The van der Waals surface area contributed by atoms with E-state index < -0.39 is 0 Å². The Morgan fingerprint density at radius 1 is 1.37 bits per heavy atom. The van der Waals surface area contributed by atoms with Crippen molar-refractivity contribution >= 4 is 34.0 Å². The minimum absolute atomic E-state index is 0.0694. The Morgan fingerprint density at radius 3 is 3.00 bits per heavy atom. The highest BCUT2D eigenvalue weighted by Gasteiger charge is 2.29. The fourth-order valence-corrected chi connectivity index (χ4v) is 4.29. The molecule has 2 unspecified atom stereocenters. The van der Waals surface area contributed by atoms with E-state index in [1.54, 1.807) is 7.05 Å². The third-order valence-corrected chi connectivity index (χ3v) is 6.04. The zero-order valence-corrected chi connectivity index (χ0v) is 17.4. The molecular weight excluding hydrogens is 404 g/mol. The molecule has 4 N–H and O–H groups in total. The SMILES string of the molecule is CNC(=O)c1nnc(N2CCC(C3=NNC(NC(=O)CC4=CC=CCN4)C=C3)C2)s1. The van der Waals surface area contributed by atoms with Crippen molar-refractivity contribution in [3.63, 3.8) is 0 Å². The number of nitrogens with one attached hydrogen (secondary N) is 4. The maximum atomic E-state index is 12.2. The summed E-state index contributed by atoms with van der Waals surface area (Å²) in [5, 5.41) is 22.3. The first kappa shape index (κ1) is 20.1. The molecule has 11 heteroatoms. The molecule has 2 amide bonds. The Labute approximate surface area is 178 Å². The third-order valence-electron chi connectivity index (χ3n) is 5.05. The van der Waals surface area contributed by atoms with Crippen LogP contribution in [0.3, 0.4) is 0 Å². The molecule has 0 radical (unpaired) electrons. The molecule has 0 spiro atoms. The maximum Gasteiger partial charge on any atom is 0.282 e. The van der Waals surface area contributed by atoms with Crippen LogP contribution in [0.5, 0.6) is 0 Å². The van der Waals surface area contributed by atoms with Gasteiger partial charge in [0.05, 0.1) is 12.1 Å². The van der Waals surface area contributed by atoms with E-state index >= 15 is 0 Å². The van der Waals surface area contributed by atoms with Crippen LogP contribution < -0.4 is 26.3 Å². The summed E-state index contributed by atoms with van der Waals surface area (Å²) in [6, 6.07) is 0. The lowest BCUT2D eigenvalue weighted by molar-refractivity contribution is -0.121. The summed E-state index contributed by atoms with van der Waals surface area (Å²) < 4.78 is 0. The van der Waals surface area contributed by atoms with E-state index in [0.29, 0.717) is 11.4 Å². The molecule has 4 rings (SSSR count). The predicted octanol–water partition coefficient (Wildman–Crippen LogP) is 0.115.